The van der Waals surface area contributed by atoms with Crippen LogP contribution >= 0.6 is 0 Å². The number of morpholine rings is 1. The summed E-state index contributed by atoms with van der Waals surface area (Å²) >= 11 is 0. The summed E-state index contributed by atoms with van der Waals surface area (Å²) in [5, 5.41) is 2.97. The summed E-state index contributed by atoms with van der Waals surface area (Å²) in [6.07, 6.45) is 1.27. The number of piperidine rings is 1. The topological polar surface area (TPSA) is 97.4 Å². The zero-order valence-corrected chi connectivity index (χ0v) is 18.2. The Morgan fingerprint density at radius 3 is 2.45 bits per heavy atom. The van der Waals surface area contributed by atoms with E-state index in [4.69, 9.17) is 14.2 Å². The lowest BCUT2D eigenvalue weighted by molar-refractivity contribution is -0.140. The van der Waals surface area contributed by atoms with Crippen LogP contribution in [0.2, 0.25) is 0 Å². The Kier molecular flexibility index (Phi) is 8.25. The Hall–Kier alpha value is -2.65. The molecule has 1 N–H and O–H groups in total. The molecule has 3 amide bonds. The minimum Gasteiger partial charge on any atom is -0.497 e. The first-order valence-electron chi connectivity index (χ1n) is 10.6. The van der Waals surface area contributed by atoms with Gasteiger partial charge in [-0.05, 0) is 37.0 Å². The number of carbonyl (C=O) groups excluding carboxylic acids is 3. The second-order valence-corrected chi connectivity index (χ2v) is 7.77. The highest BCUT2D eigenvalue weighted by Crippen LogP contribution is 2.23. The predicted molar refractivity (Wildman–Crippen MR) is 113 cm³/mol. The quantitative estimate of drug-likeness (QED) is 0.674. The molecule has 2 aliphatic heterocycles. The van der Waals surface area contributed by atoms with Gasteiger partial charge in [0, 0.05) is 38.9 Å². The van der Waals surface area contributed by atoms with E-state index in [1.54, 1.807) is 41.2 Å². The molecule has 0 unspecified atom stereocenters. The predicted octanol–water partition coefficient (Wildman–Crippen LogP) is 0.537. The van der Waals surface area contributed by atoms with Gasteiger partial charge in [-0.25, -0.2) is 0 Å². The van der Waals surface area contributed by atoms with Crippen molar-refractivity contribution in [1.82, 2.24) is 15.1 Å². The van der Waals surface area contributed by atoms with Crippen LogP contribution in [0.5, 0.6) is 5.75 Å². The maximum absolute atomic E-state index is 13.3. The van der Waals surface area contributed by atoms with E-state index in [9.17, 15) is 14.4 Å². The molecule has 2 saturated heterocycles. The molecule has 1 aromatic carbocycles. The monoisotopic (exact) mass is 433 g/mol. The Bertz CT molecular complexity index is 772. The maximum atomic E-state index is 13.3. The standard InChI is InChI=1S/C22H31N3O6/c1-29-15-19(26)24-8-6-16(7-9-24)20(22(28)25-10-12-31-13-11-25)23-21(27)17-4-3-5-18(14-17)30-2/h3-5,14,16,20H,6-13,15H2,1-2H3,(H,23,27)/t20-/m0/s1. The van der Waals surface area contributed by atoms with E-state index in [0.717, 1.165) is 0 Å². The van der Waals surface area contributed by atoms with Crippen molar-refractivity contribution >= 4 is 17.7 Å². The Labute approximate surface area is 182 Å². The average Bonchev–Trinajstić information content (AvgIpc) is 2.83. The van der Waals surface area contributed by atoms with Crippen LogP contribution in [0.25, 0.3) is 0 Å². The second-order valence-electron chi connectivity index (χ2n) is 7.77. The Morgan fingerprint density at radius 1 is 1.10 bits per heavy atom. The van der Waals surface area contributed by atoms with Crippen molar-refractivity contribution in [2.24, 2.45) is 5.92 Å². The van der Waals surface area contributed by atoms with Gasteiger partial charge in [-0.3, -0.25) is 14.4 Å². The molecule has 1 atom stereocenters. The van der Waals surface area contributed by atoms with Crippen molar-refractivity contribution in [3.63, 3.8) is 0 Å². The zero-order chi connectivity index (χ0) is 22.2. The largest absolute Gasteiger partial charge is 0.497 e. The summed E-state index contributed by atoms with van der Waals surface area (Å²) in [5.41, 5.74) is 0.437. The van der Waals surface area contributed by atoms with E-state index in [-0.39, 0.29) is 30.2 Å². The molecule has 2 aliphatic rings. The summed E-state index contributed by atoms with van der Waals surface area (Å²) in [6.45, 7) is 3.13. The highest BCUT2D eigenvalue weighted by Gasteiger charge is 2.36. The minimum absolute atomic E-state index is 0.0490. The Balaban J connectivity index is 1.72. The minimum atomic E-state index is -0.656. The van der Waals surface area contributed by atoms with E-state index >= 15 is 0 Å². The first-order valence-corrected chi connectivity index (χ1v) is 10.6. The highest BCUT2D eigenvalue weighted by atomic mass is 16.5. The number of rotatable bonds is 7. The fraction of sp³-hybridized carbons (Fsp3) is 0.591. The Morgan fingerprint density at radius 2 is 1.81 bits per heavy atom. The van der Waals surface area contributed by atoms with Crippen molar-refractivity contribution in [3.8, 4) is 5.75 Å². The van der Waals surface area contributed by atoms with Gasteiger partial charge in [-0.15, -0.1) is 0 Å². The number of nitrogens with zero attached hydrogens (tertiary/aromatic N) is 2. The molecule has 1 aromatic rings. The van der Waals surface area contributed by atoms with Crippen molar-refractivity contribution in [1.29, 1.82) is 0 Å². The lowest BCUT2D eigenvalue weighted by atomic mass is 9.88. The van der Waals surface area contributed by atoms with Gasteiger partial charge in [0.05, 0.1) is 20.3 Å². The number of ether oxygens (including phenoxy) is 3. The summed E-state index contributed by atoms with van der Waals surface area (Å²) in [6, 6.07) is 6.20. The fourth-order valence-electron chi connectivity index (χ4n) is 4.05. The molecular weight excluding hydrogens is 402 g/mol. The van der Waals surface area contributed by atoms with Crippen molar-refractivity contribution < 1.29 is 28.6 Å². The van der Waals surface area contributed by atoms with Gasteiger partial charge in [-0.1, -0.05) is 6.07 Å². The first kappa shape index (κ1) is 23.0. The number of hydrogen-bond acceptors (Lipinski definition) is 6. The summed E-state index contributed by atoms with van der Waals surface area (Å²) in [7, 11) is 3.04. The van der Waals surface area contributed by atoms with Crippen LogP contribution in [0.4, 0.5) is 0 Å². The van der Waals surface area contributed by atoms with Crippen LogP contribution in [0, 0.1) is 5.92 Å². The lowest BCUT2D eigenvalue weighted by Gasteiger charge is -2.38. The molecule has 0 aromatic heterocycles. The SMILES string of the molecule is COCC(=O)N1CCC([C@H](NC(=O)c2cccc(OC)c2)C(=O)N2CCOCC2)CC1. The van der Waals surface area contributed by atoms with Gasteiger partial charge >= 0.3 is 0 Å². The molecule has 0 saturated carbocycles. The molecular formula is C22H31N3O6. The summed E-state index contributed by atoms with van der Waals surface area (Å²) in [5.74, 6) is 0.0483. The third-order valence-corrected chi connectivity index (χ3v) is 5.84. The smallest absolute Gasteiger partial charge is 0.252 e. The second kappa shape index (κ2) is 11.1. The van der Waals surface area contributed by atoms with Gasteiger partial charge in [0.2, 0.25) is 11.8 Å². The molecule has 0 radical (unpaired) electrons. The van der Waals surface area contributed by atoms with E-state index in [0.29, 0.717) is 63.5 Å². The molecule has 2 fully saturated rings. The number of likely N-dealkylation sites (tertiary alicyclic amines) is 1. The molecule has 9 nitrogen and oxygen atoms in total. The molecule has 2 heterocycles. The summed E-state index contributed by atoms with van der Waals surface area (Å²) < 4.78 is 15.5. The van der Waals surface area contributed by atoms with E-state index in [1.165, 1.54) is 7.11 Å². The molecule has 31 heavy (non-hydrogen) atoms. The third-order valence-electron chi connectivity index (χ3n) is 5.84. The van der Waals surface area contributed by atoms with Gasteiger partial charge in [0.25, 0.3) is 5.91 Å². The van der Waals surface area contributed by atoms with Crippen molar-refractivity contribution in [2.75, 3.05) is 60.2 Å². The van der Waals surface area contributed by atoms with Gasteiger partial charge in [-0.2, -0.15) is 0 Å². The molecule has 170 valence electrons. The van der Waals surface area contributed by atoms with Crippen LogP contribution in [0.15, 0.2) is 24.3 Å². The van der Waals surface area contributed by atoms with Gasteiger partial charge in [0.1, 0.15) is 18.4 Å². The molecule has 3 rings (SSSR count). The molecule has 0 spiro atoms. The number of carbonyl (C=O) groups is 3. The van der Waals surface area contributed by atoms with Crippen LogP contribution in [0.1, 0.15) is 23.2 Å². The number of nitrogens with one attached hydrogen (secondary N) is 1. The van der Waals surface area contributed by atoms with E-state index in [1.807, 2.05) is 0 Å². The van der Waals surface area contributed by atoms with Crippen molar-refractivity contribution in [3.05, 3.63) is 29.8 Å². The van der Waals surface area contributed by atoms with Crippen LogP contribution in [-0.4, -0.2) is 93.8 Å². The number of amides is 3. The number of benzene rings is 1. The van der Waals surface area contributed by atoms with Gasteiger partial charge < -0.3 is 29.3 Å². The maximum Gasteiger partial charge on any atom is 0.252 e. The van der Waals surface area contributed by atoms with E-state index in [2.05, 4.69) is 5.32 Å². The highest BCUT2D eigenvalue weighted by molar-refractivity contribution is 5.98. The lowest BCUT2D eigenvalue weighted by Crippen LogP contribution is -2.56. The fourth-order valence-corrected chi connectivity index (χ4v) is 4.05. The van der Waals surface area contributed by atoms with Crippen LogP contribution < -0.4 is 10.1 Å². The zero-order valence-electron chi connectivity index (χ0n) is 18.2. The average molecular weight is 434 g/mol. The number of hydrogen-bond donors (Lipinski definition) is 1. The summed E-state index contributed by atoms with van der Waals surface area (Å²) in [4.78, 5) is 41.9. The molecule has 9 heteroatoms. The number of methoxy groups -OCH3 is 2. The molecule has 0 bridgehead atoms. The van der Waals surface area contributed by atoms with Gasteiger partial charge in [0.15, 0.2) is 0 Å². The first-order chi connectivity index (χ1) is 15.0. The normalized spacial score (nSPS) is 18.4. The van der Waals surface area contributed by atoms with Crippen LogP contribution in [-0.2, 0) is 19.1 Å². The third kappa shape index (κ3) is 5.95. The van der Waals surface area contributed by atoms with Crippen LogP contribution in [0.3, 0.4) is 0 Å². The molecule has 0 aliphatic carbocycles. The van der Waals surface area contributed by atoms with E-state index < -0.39 is 6.04 Å². The van der Waals surface area contributed by atoms with Crippen molar-refractivity contribution in [2.45, 2.75) is 18.9 Å².